The Morgan fingerprint density at radius 2 is 1.40 bits per heavy atom. The van der Waals surface area contributed by atoms with Crippen molar-refractivity contribution in [2.75, 3.05) is 0 Å². The van der Waals surface area contributed by atoms with Crippen LogP contribution in [0.25, 0.3) is 0 Å². The molecule has 0 aliphatic carbocycles. The van der Waals surface area contributed by atoms with E-state index in [0.29, 0.717) is 0 Å². The highest BCUT2D eigenvalue weighted by Crippen LogP contribution is 2.18. The molecule has 88 valence electrons. The quantitative estimate of drug-likeness (QED) is 0.581. The molecule has 0 rings (SSSR count). The van der Waals surface area contributed by atoms with Crippen LogP contribution in [-0.4, -0.2) is 17.3 Å². The molecule has 0 aliphatic heterocycles. The fourth-order valence-corrected chi connectivity index (χ4v) is 1.27. The van der Waals surface area contributed by atoms with E-state index in [2.05, 4.69) is 23.3 Å². The number of Topliss-reactive ketones (excluding diaryl/α,β-unsaturated/α-hetero) is 3. The van der Waals surface area contributed by atoms with Crippen molar-refractivity contribution in [2.24, 2.45) is 11.8 Å². The monoisotopic (exact) mass is 250 g/mol. The van der Waals surface area contributed by atoms with Crippen LogP contribution in [0.1, 0.15) is 34.1 Å². The summed E-state index contributed by atoms with van der Waals surface area (Å²) in [5.41, 5.74) is 0. The van der Waals surface area contributed by atoms with Crippen molar-refractivity contribution in [2.45, 2.75) is 34.1 Å². The van der Waals surface area contributed by atoms with E-state index >= 15 is 0 Å². The number of carbonyl (C=O) groups is 3. The molecule has 0 bridgehead atoms. The Morgan fingerprint density at radius 3 is 1.60 bits per heavy atom. The Bertz CT molecular complexity index is 239. The zero-order valence-corrected chi connectivity index (χ0v) is 11.3. The summed E-state index contributed by atoms with van der Waals surface area (Å²) in [7, 11) is 0. The van der Waals surface area contributed by atoms with Gasteiger partial charge in [0.05, 0.1) is 0 Å². The molecule has 0 radical (unpaired) electrons. The SMILES string of the molecule is CC(=O)CC(C(C)=O)C(C)C(C)=O.SS. The second kappa shape index (κ2) is 8.97. The molecule has 0 N–H and O–H groups in total. The molecule has 0 spiro atoms. The second-order valence-electron chi connectivity index (χ2n) is 3.52. The molecular formula is C10H18O3S2. The second-order valence-corrected chi connectivity index (χ2v) is 3.52. The highest BCUT2D eigenvalue weighted by Gasteiger charge is 2.26. The van der Waals surface area contributed by atoms with E-state index < -0.39 is 5.92 Å². The summed E-state index contributed by atoms with van der Waals surface area (Å²) in [5.74, 6) is -0.955. The van der Waals surface area contributed by atoms with Gasteiger partial charge in [-0.05, 0) is 20.8 Å². The zero-order valence-electron chi connectivity index (χ0n) is 9.48. The van der Waals surface area contributed by atoms with E-state index in [9.17, 15) is 14.4 Å². The van der Waals surface area contributed by atoms with Crippen LogP contribution in [0.3, 0.4) is 0 Å². The van der Waals surface area contributed by atoms with E-state index in [1.807, 2.05) is 0 Å². The smallest absolute Gasteiger partial charge is 0.134 e. The predicted molar refractivity (Wildman–Crippen MR) is 67.3 cm³/mol. The van der Waals surface area contributed by atoms with Crippen LogP contribution in [0.4, 0.5) is 0 Å². The maximum Gasteiger partial charge on any atom is 0.134 e. The molecule has 0 aliphatic rings. The zero-order chi connectivity index (χ0) is 12.6. The molecule has 0 aromatic rings. The van der Waals surface area contributed by atoms with Gasteiger partial charge in [-0.25, -0.2) is 0 Å². The molecule has 0 aromatic carbocycles. The van der Waals surface area contributed by atoms with Crippen molar-refractivity contribution < 1.29 is 14.4 Å². The van der Waals surface area contributed by atoms with Crippen molar-refractivity contribution >= 4 is 40.7 Å². The Balaban J connectivity index is 0. The van der Waals surface area contributed by atoms with Crippen LogP contribution in [0.15, 0.2) is 0 Å². The summed E-state index contributed by atoms with van der Waals surface area (Å²) in [4.78, 5) is 33.0. The number of hydrogen-bond donors (Lipinski definition) is 2. The molecule has 5 heteroatoms. The predicted octanol–water partition coefficient (Wildman–Crippen LogP) is 2.16. The molecule has 0 fully saturated rings. The van der Waals surface area contributed by atoms with Gasteiger partial charge in [0, 0.05) is 18.3 Å². The van der Waals surface area contributed by atoms with Crippen molar-refractivity contribution in [1.82, 2.24) is 0 Å². The number of thiol groups is 2. The van der Waals surface area contributed by atoms with Gasteiger partial charge >= 0.3 is 0 Å². The average molecular weight is 250 g/mol. The fraction of sp³-hybridized carbons (Fsp3) is 0.700. The van der Waals surface area contributed by atoms with Gasteiger partial charge in [-0.1, -0.05) is 6.92 Å². The molecule has 0 heterocycles. The van der Waals surface area contributed by atoms with Gasteiger partial charge < -0.3 is 4.79 Å². The van der Waals surface area contributed by atoms with Gasteiger partial charge in [0.25, 0.3) is 0 Å². The van der Waals surface area contributed by atoms with Crippen molar-refractivity contribution in [3.63, 3.8) is 0 Å². The first-order valence-corrected chi connectivity index (χ1v) is 6.16. The third-order valence-electron chi connectivity index (χ3n) is 2.27. The molecule has 0 saturated carbocycles. The summed E-state index contributed by atoms with van der Waals surface area (Å²) in [6.45, 7) is 5.99. The van der Waals surface area contributed by atoms with E-state index in [1.165, 1.54) is 20.8 Å². The van der Waals surface area contributed by atoms with Gasteiger partial charge in [0.1, 0.15) is 17.3 Å². The van der Waals surface area contributed by atoms with Crippen molar-refractivity contribution in [3.05, 3.63) is 0 Å². The Labute approximate surface area is 101 Å². The van der Waals surface area contributed by atoms with Crippen LogP contribution in [0.2, 0.25) is 0 Å². The number of ketones is 3. The number of hydrogen-bond acceptors (Lipinski definition) is 5. The fourth-order valence-electron chi connectivity index (χ4n) is 1.27. The van der Waals surface area contributed by atoms with Crippen molar-refractivity contribution in [3.8, 4) is 0 Å². The van der Waals surface area contributed by atoms with Crippen LogP contribution in [0, 0.1) is 11.8 Å². The van der Waals surface area contributed by atoms with Gasteiger partial charge in [-0.3, -0.25) is 9.59 Å². The first kappa shape index (κ1) is 17.1. The minimum Gasteiger partial charge on any atom is -0.300 e. The molecule has 2 atom stereocenters. The third-order valence-corrected chi connectivity index (χ3v) is 2.27. The van der Waals surface area contributed by atoms with Crippen LogP contribution >= 0.6 is 23.3 Å². The minimum atomic E-state index is -0.435. The number of rotatable bonds is 5. The Kier molecular flexibility index (Phi) is 10.2. The first-order valence-electron chi connectivity index (χ1n) is 4.56. The molecule has 15 heavy (non-hydrogen) atoms. The maximum absolute atomic E-state index is 11.1. The van der Waals surface area contributed by atoms with E-state index in [1.54, 1.807) is 6.92 Å². The highest BCUT2D eigenvalue weighted by atomic mass is 33.1. The van der Waals surface area contributed by atoms with Gasteiger partial charge in [0.15, 0.2) is 0 Å². The standard InChI is InChI=1S/C10H16O3.H2S2/c1-6(11)5-10(9(4)13)7(2)8(3)12;1-2/h7,10H,5H2,1-4H3;1-2H. The van der Waals surface area contributed by atoms with E-state index in [-0.39, 0.29) is 29.7 Å². The molecule has 2 unspecified atom stereocenters. The summed E-state index contributed by atoms with van der Waals surface area (Å²) in [5, 5.41) is 0. The Morgan fingerprint density at radius 1 is 1.00 bits per heavy atom. The summed E-state index contributed by atoms with van der Waals surface area (Å²) in [6, 6.07) is 0. The average Bonchev–Trinajstić information content (AvgIpc) is 2.15. The third kappa shape index (κ3) is 7.62. The normalized spacial score (nSPS) is 13.2. The first-order chi connectivity index (χ1) is 6.86. The molecular weight excluding hydrogens is 232 g/mol. The lowest BCUT2D eigenvalue weighted by Gasteiger charge is -2.17. The van der Waals surface area contributed by atoms with Gasteiger partial charge in [0.2, 0.25) is 0 Å². The lowest BCUT2D eigenvalue weighted by Crippen LogP contribution is -2.26. The maximum atomic E-state index is 11.1. The van der Waals surface area contributed by atoms with Crippen molar-refractivity contribution in [1.29, 1.82) is 0 Å². The highest BCUT2D eigenvalue weighted by molar-refractivity contribution is 8.59. The topological polar surface area (TPSA) is 51.2 Å². The molecule has 0 amide bonds. The summed E-state index contributed by atoms with van der Waals surface area (Å²) >= 11 is 6.44. The molecule has 0 saturated heterocycles. The van der Waals surface area contributed by atoms with Gasteiger partial charge in [-0.2, -0.15) is 0 Å². The van der Waals surface area contributed by atoms with E-state index in [0.717, 1.165) is 0 Å². The number of carbonyl (C=O) groups excluding carboxylic acids is 3. The Hall–Kier alpha value is -0.290. The lowest BCUT2D eigenvalue weighted by molar-refractivity contribution is -0.132. The largest absolute Gasteiger partial charge is 0.300 e. The molecule has 0 aromatic heterocycles. The summed E-state index contributed by atoms with van der Waals surface area (Å²) in [6.07, 6.45) is 0.177. The minimum absolute atomic E-state index is 0.0403. The van der Waals surface area contributed by atoms with Crippen LogP contribution in [-0.2, 0) is 14.4 Å². The lowest BCUT2D eigenvalue weighted by atomic mass is 9.84. The van der Waals surface area contributed by atoms with Crippen LogP contribution < -0.4 is 0 Å². The molecule has 3 nitrogen and oxygen atoms in total. The van der Waals surface area contributed by atoms with Gasteiger partial charge in [-0.15, -0.1) is 23.3 Å². The van der Waals surface area contributed by atoms with Crippen LogP contribution in [0.5, 0.6) is 0 Å². The summed E-state index contributed by atoms with van der Waals surface area (Å²) < 4.78 is 0. The van der Waals surface area contributed by atoms with E-state index in [4.69, 9.17) is 0 Å².